The number of nitrogens with one attached hydrogen (secondary N) is 1. The van der Waals surface area contributed by atoms with Gasteiger partial charge in [-0.25, -0.2) is 0 Å². The fraction of sp³-hybridized carbons (Fsp3) is 0.381. The lowest BCUT2D eigenvalue weighted by atomic mass is 10.1. The number of amides is 1. The smallest absolute Gasteiger partial charge is 0.220 e. The molecule has 0 aliphatic carbocycles. The predicted octanol–water partition coefficient (Wildman–Crippen LogP) is 3.78. The zero-order valence-corrected chi connectivity index (χ0v) is 15.0. The molecule has 2 rings (SSSR count). The quantitative estimate of drug-likeness (QED) is 0.801. The Hall–Kier alpha value is -2.13. The Labute approximate surface area is 145 Å². The molecule has 0 aliphatic rings. The number of benzene rings is 2. The van der Waals surface area contributed by atoms with Gasteiger partial charge < -0.3 is 5.32 Å². The van der Waals surface area contributed by atoms with Gasteiger partial charge in [-0.1, -0.05) is 54.6 Å². The molecular weight excluding hydrogens is 296 g/mol. The number of carbonyl (C=O) groups excluding carboxylic acids is 1. The van der Waals surface area contributed by atoms with Crippen molar-refractivity contribution in [1.82, 2.24) is 10.2 Å². The topological polar surface area (TPSA) is 32.3 Å². The Morgan fingerprint density at radius 1 is 1.00 bits per heavy atom. The lowest BCUT2D eigenvalue weighted by molar-refractivity contribution is -0.121. The van der Waals surface area contributed by atoms with E-state index >= 15 is 0 Å². The zero-order chi connectivity index (χ0) is 17.4. The summed E-state index contributed by atoms with van der Waals surface area (Å²) in [5.74, 6) is 0.103. The van der Waals surface area contributed by atoms with Crippen LogP contribution in [0.2, 0.25) is 0 Å². The van der Waals surface area contributed by atoms with Crippen LogP contribution < -0.4 is 5.32 Å². The summed E-state index contributed by atoms with van der Waals surface area (Å²) in [5, 5.41) is 3.05. The SMILES string of the molecule is CC(C)N(C)Cc1ccccc1CNC(=O)CCc1ccccc1. The van der Waals surface area contributed by atoms with Crippen molar-refractivity contribution in [3.8, 4) is 0 Å². The van der Waals surface area contributed by atoms with E-state index in [0.29, 0.717) is 19.0 Å². The van der Waals surface area contributed by atoms with Gasteiger partial charge in [0, 0.05) is 25.6 Å². The van der Waals surface area contributed by atoms with E-state index in [2.05, 4.69) is 61.4 Å². The van der Waals surface area contributed by atoms with Crippen molar-refractivity contribution in [2.45, 2.75) is 45.8 Å². The van der Waals surface area contributed by atoms with E-state index in [9.17, 15) is 4.79 Å². The Morgan fingerprint density at radius 2 is 1.62 bits per heavy atom. The summed E-state index contributed by atoms with van der Waals surface area (Å²) in [5.41, 5.74) is 3.67. The second-order valence-corrected chi connectivity index (χ2v) is 6.54. The van der Waals surface area contributed by atoms with Crippen LogP contribution in [0.5, 0.6) is 0 Å². The number of nitrogens with zero attached hydrogens (tertiary/aromatic N) is 1. The van der Waals surface area contributed by atoms with E-state index in [1.165, 1.54) is 16.7 Å². The van der Waals surface area contributed by atoms with Crippen LogP contribution >= 0.6 is 0 Å². The lowest BCUT2D eigenvalue weighted by Gasteiger charge is -2.22. The van der Waals surface area contributed by atoms with Crippen molar-refractivity contribution in [1.29, 1.82) is 0 Å². The maximum Gasteiger partial charge on any atom is 0.220 e. The van der Waals surface area contributed by atoms with Crippen molar-refractivity contribution in [2.75, 3.05) is 7.05 Å². The monoisotopic (exact) mass is 324 g/mol. The third kappa shape index (κ3) is 5.82. The fourth-order valence-corrected chi connectivity index (χ4v) is 2.52. The molecule has 0 radical (unpaired) electrons. The first-order valence-corrected chi connectivity index (χ1v) is 8.64. The van der Waals surface area contributed by atoms with Gasteiger partial charge in [0.1, 0.15) is 0 Å². The molecule has 1 amide bonds. The standard InChI is InChI=1S/C21H28N2O/c1-17(2)23(3)16-20-12-8-7-11-19(20)15-22-21(24)14-13-18-9-5-4-6-10-18/h4-12,17H,13-16H2,1-3H3,(H,22,24). The highest BCUT2D eigenvalue weighted by atomic mass is 16.1. The van der Waals surface area contributed by atoms with Crippen LogP contribution in [0.25, 0.3) is 0 Å². The first-order chi connectivity index (χ1) is 11.6. The van der Waals surface area contributed by atoms with Crippen LogP contribution in [0, 0.1) is 0 Å². The third-order valence-electron chi connectivity index (χ3n) is 4.38. The van der Waals surface area contributed by atoms with E-state index in [1.807, 2.05) is 24.3 Å². The van der Waals surface area contributed by atoms with Crippen molar-refractivity contribution >= 4 is 5.91 Å². The Kier molecular flexibility index (Phi) is 7.01. The second-order valence-electron chi connectivity index (χ2n) is 6.54. The molecule has 2 aromatic carbocycles. The molecule has 24 heavy (non-hydrogen) atoms. The zero-order valence-electron chi connectivity index (χ0n) is 15.0. The molecule has 0 fully saturated rings. The molecule has 0 saturated heterocycles. The summed E-state index contributed by atoms with van der Waals surface area (Å²) in [6.07, 6.45) is 1.31. The van der Waals surface area contributed by atoms with E-state index in [1.54, 1.807) is 0 Å². The second kappa shape index (κ2) is 9.24. The largest absolute Gasteiger partial charge is 0.352 e. The molecule has 0 atom stereocenters. The van der Waals surface area contributed by atoms with Gasteiger partial charge in [-0.2, -0.15) is 0 Å². The van der Waals surface area contributed by atoms with Crippen molar-refractivity contribution in [3.63, 3.8) is 0 Å². The van der Waals surface area contributed by atoms with Gasteiger partial charge >= 0.3 is 0 Å². The number of hydrogen-bond donors (Lipinski definition) is 1. The van der Waals surface area contributed by atoms with E-state index in [4.69, 9.17) is 0 Å². The molecule has 0 aromatic heterocycles. The molecule has 0 aliphatic heterocycles. The Morgan fingerprint density at radius 3 is 2.29 bits per heavy atom. The normalized spacial score (nSPS) is 11.0. The number of rotatable bonds is 8. The minimum Gasteiger partial charge on any atom is -0.352 e. The van der Waals surface area contributed by atoms with Gasteiger partial charge in [0.25, 0.3) is 0 Å². The van der Waals surface area contributed by atoms with E-state index in [-0.39, 0.29) is 5.91 Å². The molecule has 0 heterocycles. The van der Waals surface area contributed by atoms with Crippen LogP contribution in [0.15, 0.2) is 54.6 Å². The third-order valence-corrected chi connectivity index (χ3v) is 4.38. The summed E-state index contributed by atoms with van der Waals surface area (Å²) in [6, 6.07) is 19.0. The fourth-order valence-electron chi connectivity index (χ4n) is 2.52. The maximum absolute atomic E-state index is 12.1. The molecule has 0 saturated carbocycles. The minimum atomic E-state index is 0.103. The summed E-state index contributed by atoms with van der Waals surface area (Å²) < 4.78 is 0. The summed E-state index contributed by atoms with van der Waals surface area (Å²) in [6.45, 7) is 5.87. The van der Waals surface area contributed by atoms with E-state index < -0.39 is 0 Å². The molecule has 3 heteroatoms. The van der Waals surface area contributed by atoms with Crippen LogP contribution in [0.4, 0.5) is 0 Å². The highest BCUT2D eigenvalue weighted by Gasteiger charge is 2.09. The lowest BCUT2D eigenvalue weighted by Crippen LogP contribution is -2.27. The Balaban J connectivity index is 1.86. The highest BCUT2D eigenvalue weighted by molar-refractivity contribution is 5.76. The first kappa shape index (κ1) is 18.2. The molecule has 0 spiro atoms. The molecule has 128 valence electrons. The molecule has 1 N–H and O–H groups in total. The average molecular weight is 324 g/mol. The number of carbonyl (C=O) groups is 1. The van der Waals surface area contributed by atoms with Gasteiger partial charge in [0.05, 0.1) is 0 Å². The van der Waals surface area contributed by atoms with Gasteiger partial charge in [0.2, 0.25) is 5.91 Å². The molecule has 0 unspecified atom stereocenters. The minimum absolute atomic E-state index is 0.103. The van der Waals surface area contributed by atoms with Crippen molar-refractivity contribution in [3.05, 3.63) is 71.3 Å². The number of hydrogen-bond acceptors (Lipinski definition) is 2. The molecule has 0 bridgehead atoms. The van der Waals surface area contributed by atoms with Crippen LogP contribution in [0.3, 0.4) is 0 Å². The van der Waals surface area contributed by atoms with Gasteiger partial charge in [-0.15, -0.1) is 0 Å². The van der Waals surface area contributed by atoms with Crippen LogP contribution in [-0.4, -0.2) is 23.9 Å². The predicted molar refractivity (Wildman–Crippen MR) is 99.7 cm³/mol. The van der Waals surface area contributed by atoms with Crippen molar-refractivity contribution < 1.29 is 4.79 Å². The number of aryl methyl sites for hydroxylation is 1. The molecule has 2 aromatic rings. The average Bonchev–Trinajstić information content (AvgIpc) is 2.60. The summed E-state index contributed by atoms with van der Waals surface area (Å²) >= 11 is 0. The summed E-state index contributed by atoms with van der Waals surface area (Å²) in [4.78, 5) is 14.4. The highest BCUT2D eigenvalue weighted by Crippen LogP contribution is 2.12. The summed E-state index contributed by atoms with van der Waals surface area (Å²) in [7, 11) is 2.12. The van der Waals surface area contributed by atoms with Crippen molar-refractivity contribution in [2.24, 2.45) is 0 Å². The van der Waals surface area contributed by atoms with E-state index in [0.717, 1.165) is 13.0 Å². The van der Waals surface area contributed by atoms with Gasteiger partial charge in [-0.3, -0.25) is 9.69 Å². The maximum atomic E-state index is 12.1. The Bertz CT molecular complexity index is 637. The van der Waals surface area contributed by atoms with Gasteiger partial charge in [-0.05, 0) is 44.0 Å². The first-order valence-electron chi connectivity index (χ1n) is 8.64. The van der Waals surface area contributed by atoms with Crippen LogP contribution in [0.1, 0.15) is 37.0 Å². The molecular formula is C21H28N2O. The molecule has 3 nitrogen and oxygen atoms in total. The van der Waals surface area contributed by atoms with Crippen LogP contribution in [-0.2, 0) is 24.3 Å². The van der Waals surface area contributed by atoms with Gasteiger partial charge in [0.15, 0.2) is 0 Å².